The predicted octanol–water partition coefficient (Wildman–Crippen LogP) is 1.41. The number of ketones is 1. The molecule has 5 nitrogen and oxygen atoms in total. The lowest BCUT2D eigenvalue weighted by molar-refractivity contribution is -0.123. The number of hydrogen-bond acceptors (Lipinski definition) is 3. The summed E-state index contributed by atoms with van der Waals surface area (Å²) in [4.78, 5) is 36.2. The highest BCUT2D eigenvalue weighted by Gasteiger charge is 2.39. The van der Waals surface area contributed by atoms with E-state index in [-0.39, 0.29) is 5.69 Å². The number of halogens is 2. The standard InChI is InChI=1S/C14H14F2N2O3/c1-14(2,3)17-10(19)6-18-9-5-7(15)4-8(16)11(9)12(20)13(18)21/h4-5H,6H2,1-3H3,(H,17,19). The van der Waals surface area contributed by atoms with Crippen molar-refractivity contribution in [3.8, 4) is 0 Å². The second-order valence-corrected chi connectivity index (χ2v) is 5.80. The monoisotopic (exact) mass is 296 g/mol. The third-order valence-electron chi connectivity index (χ3n) is 2.81. The Balaban J connectivity index is 2.33. The summed E-state index contributed by atoms with van der Waals surface area (Å²) in [5, 5.41) is 2.61. The molecule has 0 saturated carbocycles. The number of carbonyl (C=O) groups excluding carboxylic acids is 3. The van der Waals surface area contributed by atoms with Crippen LogP contribution in [0.3, 0.4) is 0 Å². The number of nitrogens with one attached hydrogen (secondary N) is 1. The summed E-state index contributed by atoms with van der Waals surface area (Å²) in [6.45, 7) is 4.76. The number of nitrogens with zero attached hydrogens (tertiary/aromatic N) is 1. The molecule has 1 N–H and O–H groups in total. The zero-order valence-corrected chi connectivity index (χ0v) is 11.8. The first kappa shape index (κ1) is 15.1. The summed E-state index contributed by atoms with van der Waals surface area (Å²) in [5.74, 6) is -4.68. The molecule has 21 heavy (non-hydrogen) atoms. The van der Waals surface area contributed by atoms with Crippen molar-refractivity contribution in [2.24, 2.45) is 0 Å². The number of benzene rings is 1. The highest BCUT2D eigenvalue weighted by Crippen LogP contribution is 2.31. The van der Waals surface area contributed by atoms with E-state index in [0.29, 0.717) is 6.07 Å². The summed E-state index contributed by atoms with van der Waals surface area (Å²) >= 11 is 0. The molecule has 1 aliphatic heterocycles. The summed E-state index contributed by atoms with van der Waals surface area (Å²) in [6, 6.07) is 1.40. The number of carbonyl (C=O) groups is 3. The van der Waals surface area contributed by atoms with Crippen molar-refractivity contribution >= 4 is 23.3 Å². The van der Waals surface area contributed by atoms with Crippen LogP contribution in [0.1, 0.15) is 31.1 Å². The van der Waals surface area contributed by atoms with Crippen molar-refractivity contribution in [3.05, 3.63) is 29.3 Å². The van der Waals surface area contributed by atoms with Crippen LogP contribution in [0.25, 0.3) is 0 Å². The number of anilines is 1. The first-order valence-corrected chi connectivity index (χ1v) is 6.26. The molecule has 0 aliphatic carbocycles. The van der Waals surface area contributed by atoms with Crippen LogP contribution in [0.4, 0.5) is 14.5 Å². The molecule has 2 rings (SSSR count). The Hall–Kier alpha value is -2.31. The van der Waals surface area contributed by atoms with Crippen LogP contribution >= 0.6 is 0 Å². The second kappa shape index (κ2) is 4.91. The van der Waals surface area contributed by atoms with Gasteiger partial charge in [-0.15, -0.1) is 0 Å². The molecular formula is C14H14F2N2O3. The Bertz CT molecular complexity index is 650. The predicted molar refractivity (Wildman–Crippen MR) is 70.9 cm³/mol. The Morgan fingerprint density at radius 1 is 1.24 bits per heavy atom. The largest absolute Gasteiger partial charge is 0.350 e. The smallest absolute Gasteiger partial charge is 0.300 e. The van der Waals surface area contributed by atoms with E-state index in [1.54, 1.807) is 20.8 Å². The van der Waals surface area contributed by atoms with Gasteiger partial charge < -0.3 is 5.32 Å². The van der Waals surface area contributed by atoms with E-state index < -0.39 is 46.9 Å². The van der Waals surface area contributed by atoms with E-state index >= 15 is 0 Å². The SMILES string of the molecule is CC(C)(C)NC(=O)CN1C(=O)C(=O)c2c(F)cc(F)cc21. The van der Waals surface area contributed by atoms with Crippen molar-refractivity contribution in [2.75, 3.05) is 11.4 Å². The van der Waals surface area contributed by atoms with Crippen molar-refractivity contribution in [3.63, 3.8) is 0 Å². The Labute approximate surface area is 119 Å². The molecule has 7 heteroatoms. The van der Waals surface area contributed by atoms with Gasteiger partial charge in [0.25, 0.3) is 11.7 Å². The number of hydrogen-bond donors (Lipinski definition) is 1. The molecule has 0 spiro atoms. The third-order valence-corrected chi connectivity index (χ3v) is 2.81. The Morgan fingerprint density at radius 2 is 1.86 bits per heavy atom. The van der Waals surface area contributed by atoms with Crippen LogP contribution in [-0.4, -0.2) is 29.7 Å². The zero-order valence-electron chi connectivity index (χ0n) is 11.8. The van der Waals surface area contributed by atoms with E-state index in [9.17, 15) is 23.2 Å². The molecule has 0 fully saturated rings. The van der Waals surface area contributed by atoms with Gasteiger partial charge in [0.15, 0.2) is 0 Å². The maximum absolute atomic E-state index is 13.6. The molecular weight excluding hydrogens is 282 g/mol. The average Bonchev–Trinajstić information content (AvgIpc) is 2.52. The lowest BCUT2D eigenvalue weighted by Crippen LogP contribution is -2.47. The van der Waals surface area contributed by atoms with Crippen LogP contribution in [-0.2, 0) is 9.59 Å². The molecule has 0 atom stereocenters. The fourth-order valence-corrected chi connectivity index (χ4v) is 2.09. The fraction of sp³-hybridized carbons (Fsp3) is 0.357. The van der Waals surface area contributed by atoms with Crippen LogP contribution in [0.2, 0.25) is 0 Å². The number of fused-ring (bicyclic) bond motifs is 1. The van der Waals surface area contributed by atoms with Crippen LogP contribution in [0.15, 0.2) is 12.1 Å². The Kier molecular flexibility index (Phi) is 3.52. The third kappa shape index (κ3) is 2.91. The first-order valence-electron chi connectivity index (χ1n) is 6.26. The van der Waals surface area contributed by atoms with E-state index in [1.165, 1.54) is 0 Å². The lowest BCUT2D eigenvalue weighted by Gasteiger charge is -2.23. The van der Waals surface area contributed by atoms with Crippen LogP contribution < -0.4 is 10.2 Å². The van der Waals surface area contributed by atoms with Crippen LogP contribution in [0, 0.1) is 11.6 Å². The second-order valence-electron chi connectivity index (χ2n) is 5.80. The topological polar surface area (TPSA) is 66.5 Å². The summed E-state index contributed by atoms with van der Waals surface area (Å²) in [5.41, 5.74) is -1.24. The highest BCUT2D eigenvalue weighted by atomic mass is 19.1. The van der Waals surface area contributed by atoms with Gasteiger partial charge in [-0.05, 0) is 26.8 Å². The summed E-state index contributed by atoms with van der Waals surface area (Å²) in [6.07, 6.45) is 0. The van der Waals surface area contributed by atoms with Gasteiger partial charge in [0.1, 0.15) is 18.2 Å². The van der Waals surface area contributed by atoms with Gasteiger partial charge in [-0.1, -0.05) is 0 Å². The zero-order chi connectivity index (χ0) is 15.9. The summed E-state index contributed by atoms with van der Waals surface area (Å²) < 4.78 is 26.9. The van der Waals surface area contributed by atoms with Gasteiger partial charge in [-0.25, -0.2) is 8.78 Å². The number of rotatable bonds is 2. The fourth-order valence-electron chi connectivity index (χ4n) is 2.09. The maximum atomic E-state index is 13.6. The van der Waals surface area contributed by atoms with Crippen molar-refractivity contribution in [1.29, 1.82) is 0 Å². The lowest BCUT2D eigenvalue weighted by atomic mass is 10.1. The van der Waals surface area contributed by atoms with Gasteiger partial charge in [0.05, 0.1) is 11.3 Å². The van der Waals surface area contributed by atoms with E-state index in [0.717, 1.165) is 11.0 Å². The molecule has 1 aromatic rings. The molecule has 112 valence electrons. The van der Waals surface area contributed by atoms with Gasteiger partial charge >= 0.3 is 0 Å². The van der Waals surface area contributed by atoms with E-state index in [4.69, 9.17) is 0 Å². The van der Waals surface area contributed by atoms with Crippen molar-refractivity contribution in [1.82, 2.24) is 5.32 Å². The van der Waals surface area contributed by atoms with Gasteiger partial charge in [0.2, 0.25) is 5.91 Å². The van der Waals surface area contributed by atoms with Crippen molar-refractivity contribution in [2.45, 2.75) is 26.3 Å². The van der Waals surface area contributed by atoms with E-state index in [1.807, 2.05) is 0 Å². The van der Waals surface area contributed by atoms with Gasteiger partial charge in [0, 0.05) is 11.6 Å². The molecule has 0 bridgehead atoms. The number of Topliss-reactive ketones (excluding diaryl/α,β-unsaturated/α-hetero) is 1. The molecule has 0 saturated heterocycles. The Morgan fingerprint density at radius 3 is 2.43 bits per heavy atom. The normalized spacial score (nSPS) is 14.4. The quantitative estimate of drug-likeness (QED) is 0.839. The van der Waals surface area contributed by atoms with Gasteiger partial charge in [-0.3, -0.25) is 19.3 Å². The first-order chi connectivity index (χ1) is 9.60. The molecule has 0 radical (unpaired) electrons. The molecule has 1 aromatic carbocycles. The minimum absolute atomic E-state index is 0.216. The maximum Gasteiger partial charge on any atom is 0.300 e. The molecule has 2 amide bonds. The molecule has 0 unspecified atom stereocenters. The summed E-state index contributed by atoms with van der Waals surface area (Å²) in [7, 11) is 0. The number of amides is 2. The highest BCUT2D eigenvalue weighted by molar-refractivity contribution is 6.52. The molecule has 0 aromatic heterocycles. The molecule has 1 heterocycles. The van der Waals surface area contributed by atoms with Gasteiger partial charge in [-0.2, -0.15) is 0 Å². The minimum Gasteiger partial charge on any atom is -0.350 e. The van der Waals surface area contributed by atoms with Crippen LogP contribution in [0.5, 0.6) is 0 Å². The minimum atomic E-state index is -1.11. The average molecular weight is 296 g/mol. The molecule has 1 aliphatic rings. The van der Waals surface area contributed by atoms with E-state index in [2.05, 4.69) is 5.32 Å². The van der Waals surface area contributed by atoms with Crippen molar-refractivity contribution < 1.29 is 23.2 Å².